The molecule has 0 aliphatic rings. The van der Waals surface area contributed by atoms with Gasteiger partial charge in [-0.25, -0.2) is 37.9 Å². The Morgan fingerprint density at radius 3 is 2.46 bits per heavy atom. The maximum absolute atomic E-state index is 15.7. The molecule has 0 aliphatic heterocycles. The predicted octanol–water partition coefficient (Wildman–Crippen LogP) is 6.36. The Morgan fingerprint density at radius 2 is 1.73 bits per heavy atom. The minimum atomic E-state index is -1.15. The van der Waals surface area contributed by atoms with Gasteiger partial charge in [-0.15, -0.1) is 0 Å². The predicted molar refractivity (Wildman–Crippen MR) is 167 cm³/mol. The SMILES string of the molecule is COCCn1c(Cc2cc(F)c(-c3cccc(OCc4ccc(C#N)cc4F)n3)cc2F)nc2c(-c3cncnc3)cc(C(=O)O)cc21. The van der Waals surface area contributed by atoms with Crippen LogP contribution in [0.4, 0.5) is 13.2 Å². The van der Waals surface area contributed by atoms with Gasteiger partial charge >= 0.3 is 5.97 Å². The van der Waals surface area contributed by atoms with Gasteiger partial charge < -0.3 is 19.1 Å². The summed E-state index contributed by atoms with van der Waals surface area (Å²) in [4.78, 5) is 29.1. The summed E-state index contributed by atoms with van der Waals surface area (Å²) >= 11 is 0. The van der Waals surface area contributed by atoms with E-state index in [9.17, 15) is 14.3 Å². The summed E-state index contributed by atoms with van der Waals surface area (Å²) in [5.74, 6) is -2.80. The third-order valence-electron chi connectivity index (χ3n) is 7.61. The fraction of sp³-hybridized carbons (Fsp3) is 0.143. The molecule has 3 aromatic carbocycles. The molecule has 10 nitrogen and oxygen atoms in total. The van der Waals surface area contributed by atoms with Crippen LogP contribution in [0.5, 0.6) is 5.88 Å². The molecule has 3 aromatic heterocycles. The molecule has 13 heteroatoms. The third-order valence-corrected chi connectivity index (χ3v) is 7.61. The van der Waals surface area contributed by atoms with E-state index in [0.29, 0.717) is 28.0 Å². The second-order valence-electron chi connectivity index (χ2n) is 10.7. The first-order valence-corrected chi connectivity index (χ1v) is 14.5. The molecular formula is C35H25F3N6O4. The number of nitriles is 1. The first-order valence-electron chi connectivity index (χ1n) is 14.5. The van der Waals surface area contributed by atoms with Gasteiger partial charge in [0.1, 0.15) is 36.2 Å². The highest BCUT2D eigenvalue weighted by molar-refractivity contribution is 6.00. The number of methoxy groups -OCH3 is 1. The zero-order valence-corrected chi connectivity index (χ0v) is 25.3. The molecule has 0 radical (unpaired) electrons. The van der Waals surface area contributed by atoms with Crippen LogP contribution in [0.25, 0.3) is 33.4 Å². The number of nitrogens with zero attached hydrogens (tertiary/aromatic N) is 6. The number of hydrogen-bond donors (Lipinski definition) is 1. The van der Waals surface area contributed by atoms with E-state index in [1.165, 1.54) is 62.2 Å². The lowest BCUT2D eigenvalue weighted by atomic mass is 10.0. The maximum Gasteiger partial charge on any atom is 0.335 e. The second-order valence-corrected chi connectivity index (χ2v) is 10.7. The van der Waals surface area contributed by atoms with E-state index in [4.69, 9.17) is 19.7 Å². The minimum absolute atomic E-state index is 0.00814. The number of carboxylic acid groups (broad SMARTS) is 1. The number of fused-ring (bicyclic) bond motifs is 1. The number of aromatic nitrogens is 5. The molecule has 6 aromatic rings. The largest absolute Gasteiger partial charge is 0.478 e. The second kappa shape index (κ2) is 13.7. The molecule has 0 saturated heterocycles. The molecule has 48 heavy (non-hydrogen) atoms. The first kappa shape index (κ1) is 31.8. The molecular weight excluding hydrogens is 625 g/mol. The summed E-state index contributed by atoms with van der Waals surface area (Å²) in [5.41, 5.74) is 2.30. The topological polar surface area (TPSA) is 136 Å². The Morgan fingerprint density at radius 1 is 0.938 bits per heavy atom. The van der Waals surface area contributed by atoms with Crippen molar-refractivity contribution in [1.82, 2.24) is 24.5 Å². The van der Waals surface area contributed by atoms with Gasteiger partial charge in [-0.05, 0) is 48.0 Å². The molecule has 0 amide bonds. The van der Waals surface area contributed by atoms with Crippen molar-refractivity contribution in [2.75, 3.05) is 13.7 Å². The lowest BCUT2D eigenvalue weighted by Gasteiger charge is -2.12. The van der Waals surface area contributed by atoms with Crippen LogP contribution in [0.15, 0.2) is 79.4 Å². The molecule has 0 unspecified atom stereocenters. The van der Waals surface area contributed by atoms with Crippen LogP contribution in [-0.4, -0.2) is 49.3 Å². The molecule has 0 aliphatic carbocycles. The monoisotopic (exact) mass is 650 g/mol. The van der Waals surface area contributed by atoms with E-state index in [1.54, 1.807) is 10.6 Å². The van der Waals surface area contributed by atoms with Gasteiger partial charge in [0.25, 0.3) is 0 Å². The van der Waals surface area contributed by atoms with Crippen molar-refractivity contribution >= 4 is 17.0 Å². The zero-order chi connectivity index (χ0) is 33.8. The summed E-state index contributed by atoms with van der Waals surface area (Å²) < 4.78 is 58.2. The number of halogens is 3. The van der Waals surface area contributed by atoms with Crippen LogP contribution in [0.3, 0.4) is 0 Å². The van der Waals surface area contributed by atoms with E-state index < -0.39 is 23.4 Å². The number of carboxylic acids is 1. The van der Waals surface area contributed by atoms with Gasteiger partial charge in [-0.2, -0.15) is 5.26 Å². The quantitative estimate of drug-likeness (QED) is 0.170. The third kappa shape index (κ3) is 6.55. The minimum Gasteiger partial charge on any atom is -0.478 e. The average Bonchev–Trinajstić information content (AvgIpc) is 3.44. The van der Waals surface area contributed by atoms with E-state index >= 15 is 8.78 Å². The summed E-state index contributed by atoms with van der Waals surface area (Å²) in [6.07, 6.45) is 4.30. The number of imidazole rings is 1. The van der Waals surface area contributed by atoms with Crippen molar-refractivity contribution in [2.45, 2.75) is 19.6 Å². The van der Waals surface area contributed by atoms with Gasteiger partial charge in [0, 0.05) is 60.8 Å². The van der Waals surface area contributed by atoms with Gasteiger partial charge in [0.15, 0.2) is 0 Å². The van der Waals surface area contributed by atoms with Crippen molar-refractivity contribution in [1.29, 1.82) is 5.26 Å². The van der Waals surface area contributed by atoms with Crippen LogP contribution in [0.1, 0.15) is 32.9 Å². The number of ether oxygens (including phenoxy) is 2. The van der Waals surface area contributed by atoms with Crippen LogP contribution in [0, 0.1) is 28.8 Å². The normalized spacial score (nSPS) is 11.1. The summed E-state index contributed by atoms with van der Waals surface area (Å²) in [6, 6.07) is 15.5. The van der Waals surface area contributed by atoms with E-state index in [1.807, 2.05) is 6.07 Å². The van der Waals surface area contributed by atoms with Gasteiger partial charge in [0.2, 0.25) is 5.88 Å². The molecule has 6 rings (SSSR count). The molecule has 0 atom stereocenters. The lowest BCUT2D eigenvalue weighted by Crippen LogP contribution is -2.10. The molecule has 0 fully saturated rings. The number of pyridine rings is 1. The van der Waals surface area contributed by atoms with E-state index in [0.717, 1.165) is 18.2 Å². The van der Waals surface area contributed by atoms with Crippen LogP contribution >= 0.6 is 0 Å². The molecule has 3 heterocycles. The first-order chi connectivity index (χ1) is 23.2. The Kier molecular flexibility index (Phi) is 9.08. The van der Waals surface area contributed by atoms with Gasteiger partial charge in [-0.1, -0.05) is 12.1 Å². The summed E-state index contributed by atoms with van der Waals surface area (Å²) in [6.45, 7) is 0.319. The van der Waals surface area contributed by atoms with Crippen molar-refractivity contribution < 1.29 is 32.5 Å². The Balaban J connectivity index is 1.33. The highest BCUT2D eigenvalue weighted by Gasteiger charge is 2.21. The number of hydrogen-bond acceptors (Lipinski definition) is 8. The summed E-state index contributed by atoms with van der Waals surface area (Å²) in [5, 5.41) is 18.8. The number of benzene rings is 3. The Hall–Kier alpha value is -6.13. The van der Waals surface area contributed by atoms with Crippen LogP contribution < -0.4 is 4.74 Å². The van der Waals surface area contributed by atoms with Crippen molar-refractivity contribution in [3.05, 3.63) is 125 Å². The van der Waals surface area contributed by atoms with Crippen molar-refractivity contribution in [2.24, 2.45) is 0 Å². The molecule has 0 saturated carbocycles. The average molecular weight is 651 g/mol. The highest BCUT2D eigenvalue weighted by Crippen LogP contribution is 2.32. The standard InChI is InChI=1S/C35H25F3N6O4/c1-47-8-7-44-31-12-23(35(45)46)10-25(24-16-40-19-41-17-24)34(31)43-32(44)13-22-11-29(38)26(14-28(22)37)30-3-2-4-33(42-30)48-18-21-6-5-20(15-39)9-27(21)36/h2-6,9-12,14,16-17,19H,7-8,13,18H2,1H3,(H,45,46). The highest BCUT2D eigenvalue weighted by atomic mass is 19.1. The number of rotatable bonds is 11. The molecule has 1 N–H and O–H groups in total. The Labute approximate surface area is 271 Å². The molecule has 240 valence electrons. The number of carbonyl (C=O) groups is 1. The van der Waals surface area contributed by atoms with Crippen LogP contribution in [-0.2, 0) is 24.3 Å². The van der Waals surface area contributed by atoms with Gasteiger partial charge in [-0.3, -0.25) is 0 Å². The van der Waals surface area contributed by atoms with Crippen LogP contribution in [0.2, 0.25) is 0 Å². The number of aromatic carboxylic acids is 1. The molecule has 0 bridgehead atoms. The fourth-order valence-corrected chi connectivity index (χ4v) is 5.24. The van der Waals surface area contributed by atoms with Crippen molar-refractivity contribution in [3.8, 4) is 34.3 Å². The lowest BCUT2D eigenvalue weighted by molar-refractivity contribution is 0.0697. The Bertz CT molecular complexity index is 2200. The molecule has 0 spiro atoms. The van der Waals surface area contributed by atoms with Crippen molar-refractivity contribution in [3.63, 3.8) is 0 Å². The zero-order valence-electron chi connectivity index (χ0n) is 25.3. The van der Waals surface area contributed by atoms with E-state index in [2.05, 4.69) is 15.0 Å². The smallest absolute Gasteiger partial charge is 0.335 e. The summed E-state index contributed by atoms with van der Waals surface area (Å²) in [7, 11) is 1.52. The fourth-order valence-electron chi connectivity index (χ4n) is 5.24. The van der Waals surface area contributed by atoms with E-state index in [-0.39, 0.29) is 65.6 Å². The maximum atomic E-state index is 15.7. The van der Waals surface area contributed by atoms with Gasteiger partial charge in [0.05, 0.1) is 40.5 Å².